The highest BCUT2D eigenvalue weighted by Gasteiger charge is 2.45. The van der Waals surface area contributed by atoms with Crippen molar-refractivity contribution in [2.75, 3.05) is 14.4 Å². The number of fused-ring (bicyclic) bond motifs is 33. The highest BCUT2D eigenvalue weighted by molar-refractivity contribution is 6.94. The van der Waals surface area contributed by atoms with Crippen molar-refractivity contribution in [2.24, 2.45) is 0 Å². The first-order chi connectivity index (χ1) is 41.7. The lowest BCUT2D eigenvalue weighted by atomic mass is 9.43. The molecule has 0 N–H and O–H groups in total. The average Bonchev–Trinajstić information content (AvgIpc) is 1.39. The summed E-state index contributed by atoms with van der Waals surface area (Å²) in [6.45, 7) is 0.155. The maximum absolute atomic E-state index is 2.60. The van der Waals surface area contributed by atoms with Gasteiger partial charge in [0.25, 0.3) is 0 Å². The topological polar surface area (TPSA) is 9.72 Å². The molecule has 6 aliphatic heterocycles. The van der Waals surface area contributed by atoms with E-state index in [1.807, 2.05) is 0 Å². The van der Waals surface area contributed by atoms with Crippen molar-refractivity contribution >= 4 is 87.4 Å². The monoisotopic (exact) mass is 1060 g/mol. The van der Waals surface area contributed by atoms with E-state index in [1.54, 1.807) is 0 Å². The number of nitrogens with zero attached hydrogens (tertiary/aromatic N) is 3. The molecular formula is C78H48B3N3. The Morgan fingerprint density at radius 2 is 0.357 bits per heavy atom. The van der Waals surface area contributed by atoms with Crippen LogP contribution in [0.2, 0.25) is 0 Å². The Balaban J connectivity index is 0.815. The number of rotatable bonds is 3. The highest BCUT2D eigenvalue weighted by Crippen LogP contribution is 2.52. The van der Waals surface area contributed by atoms with Crippen LogP contribution in [0.5, 0.6) is 0 Å². The molecule has 0 aromatic heterocycles. The molecule has 384 valence electrons. The molecule has 0 aliphatic carbocycles. The van der Waals surface area contributed by atoms with Gasteiger partial charge in [0.05, 0.1) is 0 Å². The standard InChI is InChI=1S/C78H48B3N3/c1-10-28-67-55(19-1)61-25-7-16-34-73(61)82-76-40-37-49(46-64(76)58-22-4-13-31-70(58)79(67)82)52-43-53(50-38-41-77-65(47-50)59-23-5-14-32-71(59)80-68-29-11-2-20-56(68)62-26-8-17-35-74(62)83(77)80)45-54(44-52)51-39-42-78-66(48-51)60-24-6-15-33-72(60)81-69-30-12-3-21-57(69)63-27-9-18-36-75(63)84(78)81/h1-48H. The minimum absolute atomic E-state index is 0.0516. The van der Waals surface area contributed by atoms with Crippen LogP contribution < -0.4 is 47.2 Å². The molecule has 13 aromatic carbocycles. The van der Waals surface area contributed by atoms with Gasteiger partial charge in [0.15, 0.2) is 0 Å². The van der Waals surface area contributed by atoms with Gasteiger partial charge in [0.1, 0.15) is 0 Å². The normalized spacial score (nSPS) is 13.6. The molecule has 13 aromatic rings. The second-order valence-corrected chi connectivity index (χ2v) is 23.4. The summed E-state index contributed by atoms with van der Waals surface area (Å²) in [5.41, 5.74) is 37.8. The summed E-state index contributed by atoms with van der Waals surface area (Å²) in [6.07, 6.45) is 0. The summed E-state index contributed by atoms with van der Waals surface area (Å²) in [4.78, 5) is 7.81. The Morgan fingerprint density at radius 1 is 0.155 bits per heavy atom. The number of para-hydroxylation sites is 3. The fourth-order valence-electron chi connectivity index (χ4n) is 15.7. The quantitative estimate of drug-likeness (QED) is 0.163. The molecule has 0 atom stereocenters. The van der Waals surface area contributed by atoms with Crippen LogP contribution in [-0.4, -0.2) is 20.5 Å². The van der Waals surface area contributed by atoms with Gasteiger partial charge >= 0.3 is 20.5 Å². The van der Waals surface area contributed by atoms with Gasteiger partial charge in [-0.25, -0.2) is 0 Å². The molecular weight excluding hydrogens is 1010 g/mol. The van der Waals surface area contributed by atoms with Crippen LogP contribution in [0.25, 0.3) is 100 Å². The van der Waals surface area contributed by atoms with Gasteiger partial charge in [0.2, 0.25) is 0 Å². The van der Waals surface area contributed by atoms with Crippen LogP contribution in [0.1, 0.15) is 0 Å². The summed E-state index contributed by atoms with van der Waals surface area (Å²) in [6, 6.07) is 110. The molecule has 6 heterocycles. The first-order valence-electron chi connectivity index (χ1n) is 29.5. The van der Waals surface area contributed by atoms with Crippen LogP contribution in [-0.2, 0) is 0 Å². The molecule has 0 spiro atoms. The van der Waals surface area contributed by atoms with Gasteiger partial charge in [-0.3, -0.25) is 0 Å². The maximum atomic E-state index is 2.60. The molecule has 84 heavy (non-hydrogen) atoms. The second kappa shape index (κ2) is 17.5. The Kier molecular flexibility index (Phi) is 9.60. The number of anilines is 6. The van der Waals surface area contributed by atoms with Crippen molar-refractivity contribution in [1.82, 2.24) is 0 Å². The van der Waals surface area contributed by atoms with Crippen LogP contribution in [0.15, 0.2) is 291 Å². The molecule has 0 fully saturated rings. The lowest BCUT2D eigenvalue weighted by molar-refractivity contribution is 1.35. The lowest BCUT2D eigenvalue weighted by Crippen LogP contribution is -2.59. The molecule has 3 nitrogen and oxygen atoms in total. The predicted molar refractivity (Wildman–Crippen MR) is 356 cm³/mol. The van der Waals surface area contributed by atoms with E-state index in [2.05, 4.69) is 306 Å². The zero-order valence-electron chi connectivity index (χ0n) is 45.8. The van der Waals surface area contributed by atoms with Gasteiger partial charge in [0, 0.05) is 67.5 Å². The minimum Gasteiger partial charge on any atom is -0.376 e. The van der Waals surface area contributed by atoms with Gasteiger partial charge in [-0.1, -0.05) is 218 Å². The van der Waals surface area contributed by atoms with E-state index in [4.69, 9.17) is 0 Å². The third-order valence-corrected chi connectivity index (χ3v) is 19.2. The fraction of sp³-hybridized carbons (Fsp3) is 0. The van der Waals surface area contributed by atoms with Crippen LogP contribution in [0.3, 0.4) is 0 Å². The highest BCUT2D eigenvalue weighted by atomic mass is 15.1. The van der Waals surface area contributed by atoms with Crippen LogP contribution in [0.4, 0.5) is 34.1 Å². The van der Waals surface area contributed by atoms with Crippen LogP contribution in [0, 0.1) is 0 Å². The summed E-state index contributed by atoms with van der Waals surface area (Å²) >= 11 is 0. The SMILES string of the molecule is c1ccc2c(c1)B1c3ccccc3-c3cc(-c4cc(-c5ccc6c(c5)-c5ccccc5B5c7ccccc7-c7ccccc7N56)cc(-c5ccc6c(c5)-c5ccccc5B5c7ccccc7-c7ccccc7N56)c4)ccc3N1c1ccccc1-2. The van der Waals surface area contributed by atoms with E-state index in [9.17, 15) is 0 Å². The molecule has 19 rings (SSSR count). The van der Waals surface area contributed by atoms with E-state index in [-0.39, 0.29) is 20.5 Å². The molecule has 0 saturated carbocycles. The number of hydrogen-bond acceptors (Lipinski definition) is 3. The van der Waals surface area contributed by atoms with E-state index in [0.29, 0.717) is 0 Å². The average molecular weight is 1060 g/mol. The van der Waals surface area contributed by atoms with Gasteiger partial charge in [-0.05, 0) is 172 Å². The Bertz CT molecular complexity index is 4500. The van der Waals surface area contributed by atoms with Crippen molar-refractivity contribution in [2.45, 2.75) is 0 Å². The van der Waals surface area contributed by atoms with Crippen molar-refractivity contribution < 1.29 is 0 Å². The molecule has 0 bridgehead atoms. The Labute approximate surface area is 490 Å². The second-order valence-electron chi connectivity index (χ2n) is 23.4. The van der Waals surface area contributed by atoms with Crippen molar-refractivity contribution in [1.29, 1.82) is 0 Å². The van der Waals surface area contributed by atoms with E-state index < -0.39 is 0 Å². The fourth-order valence-corrected chi connectivity index (χ4v) is 15.7. The van der Waals surface area contributed by atoms with Crippen molar-refractivity contribution in [3.05, 3.63) is 291 Å². The summed E-state index contributed by atoms with van der Waals surface area (Å²) in [5.74, 6) is 0. The van der Waals surface area contributed by atoms with Gasteiger partial charge < -0.3 is 14.4 Å². The molecule has 0 saturated heterocycles. The minimum atomic E-state index is 0.0516. The van der Waals surface area contributed by atoms with E-state index >= 15 is 0 Å². The third kappa shape index (κ3) is 6.40. The zero-order chi connectivity index (χ0) is 54.7. The van der Waals surface area contributed by atoms with Gasteiger partial charge in [-0.2, -0.15) is 0 Å². The summed E-state index contributed by atoms with van der Waals surface area (Å²) in [5, 5.41) is 0. The number of benzene rings is 13. The maximum Gasteiger partial charge on any atom is 0.329 e. The van der Waals surface area contributed by atoms with Gasteiger partial charge in [-0.15, -0.1) is 0 Å². The smallest absolute Gasteiger partial charge is 0.329 e. The third-order valence-electron chi connectivity index (χ3n) is 19.2. The number of hydrogen-bond donors (Lipinski definition) is 0. The molecule has 0 radical (unpaired) electrons. The Morgan fingerprint density at radius 3 is 0.619 bits per heavy atom. The summed E-state index contributed by atoms with van der Waals surface area (Å²) in [7, 11) is 0. The zero-order valence-corrected chi connectivity index (χ0v) is 45.8. The molecule has 0 amide bonds. The Hall–Kier alpha value is -10.5. The molecule has 6 aliphatic rings. The molecule has 6 heteroatoms. The first-order valence-corrected chi connectivity index (χ1v) is 29.5. The largest absolute Gasteiger partial charge is 0.376 e. The lowest BCUT2D eigenvalue weighted by Gasteiger charge is -2.43. The van der Waals surface area contributed by atoms with Crippen LogP contribution >= 0.6 is 0 Å². The van der Waals surface area contributed by atoms with E-state index in [0.717, 1.165) is 0 Å². The predicted octanol–water partition coefficient (Wildman–Crippen LogP) is 15.4. The van der Waals surface area contributed by atoms with Crippen molar-refractivity contribution in [3.8, 4) is 100 Å². The van der Waals surface area contributed by atoms with E-state index in [1.165, 1.54) is 167 Å². The first kappa shape index (κ1) is 46.1. The van der Waals surface area contributed by atoms with Crippen molar-refractivity contribution in [3.63, 3.8) is 0 Å². The summed E-state index contributed by atoms with van der Waals surface area (Å²) < 4.78 is 0. The molecule has 0 unspecified atom stereocenters.